The highest BCUT2D eigenvalue weighted by molar-refractivity contribution is 6.33. The van der Waals surface area contributed by atoms with Gasteiger partial charge in [0.1, 0.15) is 11.1 Å². The number of H-pyrrole nitrogens is 1. The molecule has 35 heavy (non-hydrogen) atoms. The average molecular weight is 503 g/mol. The Morgan fingerprint density at radius 1 is 1.17 bits per heavy atom. The van der Waals surface area contributed by atoms with E-state index in [9.17, 15) is 14.4 Å². The number of ether oxygens (including phenoxy) is 1. The lowest BCUT2D eigenvalue weighted by atomic mass is 9.86. The second-order valence-corrected chi connectivity index (χ2v) is 9.60. The van der Waals surface area contributed by atoms with Crippen molar-refractivity contribution in [2.75, 3.05) is 29.9 Å². The number of nitrogens with zero attached hydrogens (tertiary/aromatic N) is 2. The zero-order valence-corrected chi connectivity index (χ0v) is 20.4. The molecule has 1 aliphatic heterocycles. The van der Waals surface area contributed by atoms with Gasteiger partial charge in [-0.2, -0.15) is 5.10 Å². The van der Waals surface area contributed by atoms with Crippen LogP contribution in [0.5, 0.6) is 0 Å². The van der Waals surface area contributed by atoms with Crippen LogP contribution in [0.2, 0.25) is 5.02 Å². The molecule has 0 spiro atoms. The van der Waals surface area contributed by atoms with E-state index in [1.807, 2.05) is 36.1 Å². The summed E-state index contributed by atoms with van der Waals surface area (Å²) in [4.78, 5) is 38.1. The van der Waals surface area contributed by atoms with Crippen molar-refractivity contribution < 1.29 is 14.3 Å². The van der Waals surface area contributed by atoms with Crippen molar-refractivity contribution in [1.29, 1.82) is 0 Å². The highest BCUT2D eigenvalue weighted by atomic mass is 35.5. The van der Waals surface area contributed by atoms with Crippen LogP contribution in [-0.4, -0.2) is 54.1 Å². The van der Waals surface area contributed by atoms with E-state index in [-0.39, 0.29) is 23.2 Å². The monoisotopic (exact) mass is 502 g/mol. The van der Waals surface area contributed by atoms with Gasteiger partial charge in [0.2, 0.25) is 0 Å². The number of urea groups is 1. The first kappa shape index (κ1) is 24.8. The summed E-state index contributed by atoms with van der Waals surface area (Å²) in [7, 11) is 0. The van der Waals surface area contributed by atoms with Crippen LogP contribution >= 0.6 is 11.6 Å². The van der Waals surface area contributed by atoms with Crippen molar-refractivity contribution in [1.82, 2.24) is 20.8 Å². The van der Waals surface area contributed by atoms with Crippen LogP contribution in [0.3, 0.4) is 0 Å². The average Bonchev–Trinajstić information content (AvgIpc) is 3.30. The third kappa shape index (κ3) is 6.88. The molecule has 2 aliphatic rings. The summed E-state index contributed by atoms with van der Waals surface area (Å²) in [6.45, 7) is 3.69. The van der Waals surface area contributed by atoms with Crippen molar-refractivity contribution in [3.8, 4) is 0 Å². The van der Waals surface area contributed by atoms with E-state index in [1.165, 1.54) is 6.20 Å². The van der Waals surface area contributed by atoms with Gasteiger partial charge in [0, 0.05) is 31.2 Å². The topological polar surface area (TPSA) is 128 Å². The van der Waals surface area contributed by atoms with Gasteiger partial charge in [-0.1, -0.05) is 29.3 Å². The van der Waals surface area contributed by atoms with E-state index >= 15 is 0 Å². The fraction of sp³-hybridized carbons (Fsp3) is 0.500. The fourth-order valence-electron chi connectivity index (χ4n) is 4.55. The molecule has 0 unspecified atom stereocenters. The van der Waals surface area contributed by atoms with Crippen LogP contribution in [0.25, 0.3) is 0 Å². The van der Waals surface area contributed by atoms with E-state index in [0.717, 1.165) is 36.9 Å². The summed E-state index contributed by atoms with van der Waals surface area (Å²) >= 11 is 6.08. The standard InChI is InChI=1S/C24H31ClN6O4/c1-15-2-6-17(7-3-15)28-23(33)26-12-16-4-8-18(9-5-16)29-24(34)35-19-10-11-31(14-19)20-13-27-30-22(32)21(20)25/h2-3,6-7,13,16,18-19H,4-5,8-12,14H2,1H3,(H,29,34)(H,30,32)(H2,26,28,33)/t16?,18?,19-/m1/s1. The zero-order valence-electron chi connectivity index (χ0n) is 19.7. The minimum atomic E-state index is -0.441. The Bertz CT molecular complexity index is 1080. The first-order valence-corrected chi connectivity index (χ1v) is 12.3. The van der Waals surface area contributed by atoms with Gasteiger partial charge in [-0.25, -0.2) is 14.7 Å². The van der Waals surface area contributed by atoms with Gasteiger partial charge < -0.3 is 25.6 Å². The van der Waals surface area contributed by atoms with Gasteiger partial charge >= 0.3 is 12.1 Å². The first-order chi connectivity index (χ1) is 16.9. The molecular formula is C24H31ClN6O4. The summed E-state index contributed by atoms with van der Waals surface area (Å²) in [6, 6.07) is 7.52. The summed E-state index contributed by atoms with van der Waals surface area (Å²) in [6.07, 6.45) is 4.97. The molecule has 1 saturated heterocycles. The largest absolute Gasteiger partial charge is 0.444 e. The Hall–Kier alpha value is -3.27. The predicted molar refractivity (Wildman–Crippen MR) is 134 cm³/mol. The molecule has 3 amide bonds. The van der Waals surface area contributed by atoms with Gasteiger partial charge in [0.25, 0.3) is 5.56 Å². The van der Waals surface area contributed by atoms with Crippen LogP contribution < -0.4 is 26.4 Å². The van der Waals surface area contributed by atoms with E-state index in [2.05, 4.69) is 26.1 Å². The van der Waals surface area contributed by atoms with Crippen LogP contribution in [0.1, 0.15) is 37.7 Å². The molecule has 4 rings (SSSR count). The predicted octanol–water partition coefficient (Wildman–Crippen LogP) is 3.42. The molecule has 0 radical (unpaired) electrons. The van der Waals surface area contributed by atoms with Crippen LogP contribution in [0, 0.1) is 12.8 Å². The third-order valence-corrected chi connectivity index (χ3v) is 6.93. The van der Waals surface area contributed by atoms with Crippen molar-refractivity contribution in [2.45, 2.75) is 51.2 Å². The fourth-order valence-corrected chi connectivity index (χ4v) is 4.76. The quantitative estimate of drug-likeness (QED) is 0.479. The molecule has 10 nitrogen and oxygen atoms in total. The number of aromatic amines is 1. The van der Waals surface area contributed by atoms with Gasteiger partial charge in [-0.05, 0) is 50.7 Å². The molecule has 2 heterocycles. The maximum absolute atomic E-state index is 12.4. The highest BCUT2D eigenvalue weighted by Crippen LogP contribution is 2.27. The molecule has 1 aliphatic carbocycles. The number of rotatable bonds is 6. The van der Waals surface area contributed by atoms with Crippen LogP contribution in [-0.2, 0) is 4.74 Å². The minimum Gasteiger partial charge on any atom is -0.444 e. The maximum Gasteiger partial charge on any atom is 0.407 e. The Labute approximate surface area is 208 Å². The highest BCUT2D eigenvalue weighted by Gasteiger charge is 2.29. The number of aryl methyl sites for hydroxylation is 1. The molecule has 1 saturated carbocycles. The number of amides is 3. The number of hydrogen-bond donors (Lipinski definition) is 4. The Kier molecular flexibility index (Phi) is 8.12. The summed E-state index contributed by atoms with van der Waals surface area (Å²) in [5.41, 5.74) is 2.01. The third-order valence-electron chi connectivity index (χ3n) is 6.57. The molecule has 2 fully saturated rings. The smallest absolute Gasteiger partial charge is 0.407 e. The molecule has 11 heteroatoms. The van der Waals surface area contributed by atoms with Crippen molar-refractivity contribution in [2.24, 2.45) is 5.92 Å². The summed E-state index contributed by atoms with van der Waals surface area (Å²) < 4.78 is 5.60. The van der Waals surface area contributed by atoms with Gasteiger partial charge in [-0.15, -0.1) is 0 Å². The van der Waals surface area contributed by atoms with Crippen LogP contribution in [0.15, 0.2) is 35.3 Å². The van der Waals surface area contributed by atoms with Crippen molar-refractivity contribution in [3.63, 3.8) is 0 Å². The number of nitrogens with one attached hydrogen (secondary N) is 4. The first-order valence-electron chi connectivity index (χ1n) is 11.9. The summed E-state index contributed by atoms with van der Waals surface area (Å²) in [5.74, 6) is 0.378. The number of aromatic nitrogens is 2. The molecule has 1 aromatic heterocycles. The number of carbonyl (C=O) groups excluding carboxylic acids is 2. The molecule has 4 N–H and O–H groups in total. The number of benzene rings is 1. The summed E-state index contributed by atoms with van der Waals surface area (Å²) in [5, 5.41) is 14.9. The molecule has 188 valence electrons. The Morgan fingerprint density at radius 3 is 2.66 bits per heavy atom. The Morgan fingerprint density at radius 2 is 1.91 bits per heavy atom. The SMILES string of the molecule is Cc1ccc(NC(=O)NCC2CCC(NC(=O)O[C@@H]3CCN(c4cn[nH]c(=O)c4Cl)C3)CC2)cc1. The van der Waals surface area contributed by atoms with Gasteiger partial charge in [0.15, 0.2) is 0 Å². The molecule has 1 atom stereocenters. The van der Waals surface area contributed by atoms with E-state index in [4.69, 9.17) is 16.3 Å². The number of alkyl carbamates (subject to hydrolysis) is 1. The molecule has 2 aromatic rings. The molecular weight excluding hydrogens is 472 g/mol. The lowest BCUT2D eigenvalue weighted by Gasteiger charge is -2.29. The minimum absolute atomic E-state index is 0.0592. The van der Waals surface area contributed by atoms with Crippen molar-refractivity contribution >= 4 is 35.1 Å². The lowest BCUT2D eigenvalue weighted by molar-refractivity contribution is 0.102. The van der Waals surface area contributed by atoms with E-state index in [0.29, 0.717) is 37.7 Å². The van der Waals surface area contributed by atoms with E-state index < -0.39 is 11.7 Å². The number of hydrogen-bond acceptors (Lipinski definition) is 6. The van der Waals surface area contributed by atoms with Gasteiger partial charge in [0.05, 0.1) is 18.4 Å². The second kappa shape index (κ2) is 11.4. The number of anilines is 2. The Balaban J connectivity index is 1.13. The van der Waals surface area contributed by atoms with Crippen LogP contribution in [0.4, 0.5) is 21.0 Å². The maximum atomic E-state index is 12.4. The van der Waals surface area contributed by atoms with Crippen molar-refractivity contribution in [3.05, 3.63) is 51.4 Å². The zero-order chi connectivity index (χ0) is 24.8. The van der Waals surface area contributed by atoms with E-state index in [1.54, 1.807) is 0 Å². The molecule has 0 bridgehead atoms. The number of carbonyl (C=O) groups is 2. The number of halogens is 1. The van der Waals surface area contributed by atoms with Gasteiger partial charge in [-0.3, -0.25) is 4.79 Å². The molecule has 1 aromatic carbocycles. The second-order valence-electron chi connectivity index (χ2n) is 9.22. The normalized spacial score (nSPS) is 21.9. The lowest BCUT2D eigenvalue weighted by Crippen LogP contribution is -2.41.